The number of benzene rings is 3. The molecule has 3 aromatic carbocycles. The topological polar surface area (TPSA) is 97.5 Å². The summed E-state index contributed by atoms with van der Waals surface area (Å²) in [6, 6.07) is 23.6. The molecule has 0 unspecified atom stereocenters. The molecule has 0 radical (unpaired) electrons. The minimum absolute atomic E-state index is 0.0729. The second-order valence-electron chi connectivity index (χ2n) is 8.65. The maximum Gasteiger partial charge on any atom is 0.303 e. The van der Waals surface area contributed by atoms with E-state index in [0.717, 1.165) is 49.2 Å². The van der Waals surface area contributed by atoms with Crippen molar-refractivity contribution in [3.05, 3.63) is 95.4 Å². The molecule has 37 heavy (non-hydrogen) atoms. The minimum Gasteiger partial charge on any atom is -0.493 e. The summed E-state index contributed by atoms with van der Waals surface area (Å²) in [5.41, 5.74) is 4.73. The van der Waals surface area contributed by atoms with Crippen LogP contribution in [0.4, 0.5) is 5.13 Å². The van der Waals surface area contributed by atoms with Crippen LogP contribution >= 0.6 is 11.3 Å². The van der Waals surface area contributed by atoms with E-state index in [2.05, 4.69) is 15.3 Å². The van der Waals surface area contributed by atoms with Crippen LogP contribution in [-0.2, 0) is 24.2 Å². The molecule has 0 aliphatic heterocycles. The van der Waals surface area contributed by atoms with Crippen molar-refractivity contribution in [3.63, 3.8) is 0 Å². The summed E-state index contributed by atoms with van der Waals surface area (Å²) in [5, 5.41) is 13.4. The van der Waals surface area contributed by atoms with Crippen LogP contribution in [-0.4, -0.2) is 27.7 Å². The molecule has 0 saturated carbocycles. The molecule has 0 aliphatic rings. The average Bonchev–Trinajstić information content (AvgIpc) is 3.50. The van der Waals surface area contributed by atoms with E-state index in [1.54, 1.807) is 11.3 Å². The molecule has 0 fully saturated rings. The molecule has 0 aliphatic carbocycles. The Morgan fingerprint density at radius 2 is 1.81 bits per heavy atom. The van der Waals surface area contributed by atoms with Crippen LogP contribution in [0.1, 0.15) is 29.0 Å². The van der Waals surface area contributed by atoms with Gasteiger partial charge in [-0.15, -0.1) is 0 Å². The van der Waals surface area contributed by atoms with Crippen molar-refractivity contribution in [1.82, 2.24) is 9.97 Å². The minimum atomic E-state index is -0.816. The van der Waals surface area contributed by atoms with Crippen LogP contribution < -0.4 is 10.1 Å². The van der Waals surface area contributed by atoms with Crippen LogP contribution in [0, 0.1) is 6.92 Å². The zero-order valence-electron chi connectivity index (χ0n) is 20.4. The van der Waals surface area contributed by atoms with Gasteiger partial charge in [0.1, 0.15) is 11.5 Å². The number of aromatic nitrogens is 2. The first-order chi connectivity index (χ1) is 18.0. The van der Waals surface area contributed by atoms with E-state index in [9.17, 15) is 4.79 Å². The number of para-hydroxylation sites is 1. The van der Waals surface area contributed by atoms with Crippen molar-refractivity contribution in [2.24, 2.45) is 0 Å². The lowest BCUT2D eigenvalue weighted by Crippen LogP contribution is -2.07. The number of nitrogens with one attached hydrogen (secondary N) is 1. The normalized spacial score (nSPS) is 11.1. The molecular weight excluding hydrogens is 486 g/mol. The Hall–Kier alpha value is -4.17. The van der Waals surface area contributed by atoms with Gasteiger partial charge in [-0.25, -0.2) is 9.97 Å². The number of thiazole rings is 1. The van der Waals surface area contributed by atoms with Gasteiger partial charge in [0.2, 0.25) is 5.89 Å². The molecule has 0 spiro atoms. The number of hydrogen-bond acceptors (Lipinski definition) is 7. The highest BCUT2D eigenvalue weighted by atomic mass is 32.1. The molecule has 5 aromatic rings. The van der Waals surface area contributed by atoms with E-state index in [1.807, 2.05) is 79.7 Å². The number of hydrogen-bond donors (Lipinski definition) is 2. The van der Waals surface area contributed by atoms with Crippen molar-refractivity contribution in [2.75, 3.05) is 11.9 Å². The number of nitrogens with zero attached hydrogens (tertiary/aromatic N) is 2. The molecule has 0 amide bonds. The molecule has 8 heteroatoms. The molecule has 0 bridgehead atoms. The van der Waals surface area contributed by atoms with Gasteiger partial charge in [-0.2, -0.15) is 0 Å². The number of carbonyl (C=O) groups is 1. The highest BCUT2D eigenvalue weighted by molar-refractivity contribution is 7.22. The quantitative estimate of drug-likeness (QED) is 0.208. The van der Waals surface area contributed by atoms with E-state index in [4.69, 9.17) is 14.3 Å². The second kappa shape index (κ2) is 11.3. The fraction of sp³-hybridized carbons (Fsp3) is 0.207. The van der Waals surface area contributed by atoms with Crippen LogP contribution in [0.2, 0.25) is 0 Å². The van der Waals surface area contributed by atoms with Gasteiger partial charge in [0.05, 0.1) is 22.5 Å². The standard InChI is InChI=1S/C29H27N3O4S/c1-19-24(31-28(36-19)21-7-3-2-4-8-21)15-16-35-23-13-11-20(12-14-27(33)34)22(17-23)18-30-29-32-25-9-5-6-10-26(25)37-29/h2-11,13,17H,12,14-16,18H2,1H3,(H,30,32)(H,33,34). The number of anilines is 1. The molecule has 2 N–H and O–H groups in total. The lowest BCUT2D eigenvalue weighted by atomic mass is 10.0. The highest BCUT2D eigenvalue weighted by Gasteiger charge is 2.13. The van der Waals surface area contributed by atoms with E-state index in [-0.39, 0.29) is 6.42 Å². The summed E-state index contributed by atoms with van der Waals surface area (Å²) in [7, 11) is 0. The third-order valence-corrected chi connectivity index (χ3v) is 7.02. The number of carboxylic acids is 1. The first-order valence-corrected chi connectivity index (χ1v) is 12.9. The van der Waals surface area contributed by atoms with Crippen molar-refractivity contribution in [3.8, 4) is 17.2 Å². The summed E-state index contributed by atoms with van der Waals surface area (Å²) < 4.78 is 13.0. The van der Waals surface area contributed by atoms with Gasteiger partial charge < -0.3 is 19.6 Å². The summed E-state index contributed by atoms with van der Waals surface area (Å²) in [5.74, 6) is 1.30. The number of ether oxygens (including phenoxy) is 1. The predicted octanol–water partition coefficient (Wildman–Crippen LogP) is 6.51. The lowest BCUT2D eigenvalue weighted by molar-refractivity contribution is -0.136. The maximum atomic E-state index is 11.2. The first kappa shape index (κ1) is 24.5. The number of carboxylic acid groups (broad SMARTS) is 1. The van der Waals surface area contributed by atoms with Crippen LogP contribution in [0.25, 0.3) is 21.7 Å². The Morgan fingerprint density at radius 1 is 1.00 bits per heavy atom. The third-order valence-electron chi connectivity index (χ3n) is 6.03. The molecular formula is C29H27N3O4S. The monoisotopic (exact) mass is 513 g/mol. The predicted molar refractivity (Wildman–Crippen MR) is 145 cm³/mol. The molecule has 0 saturated heterocycles. The Balaban J connectivity index is 1.26. The summed E-state index contributed by atoms with van der Waals surface area (Å²) >= 11 is 1.59. The lowest BCUT2D eigenvalue weighted by Gasteiger charge is -2.13. The number of aliphatic carboxylic acids is 1. The molecule has 188 valence electrons. The smallest absolute Gasteiger partial charge is 0.303 e. The van der Waals surface area contributed by atoms with Crippen molar-refractivity contribution < 1.29 is 19.1 Å². The molecule has 2 heterocycles. The SMILES string of the molecule is Cc1oc(-c2ccccc2)nc1CCOc1ccc(CCC(=O)O)c(CNc2nc3ccccc3s2)c1. The van der Waals surface area contributed by atoms with Gasteiger partial charge in [-0.1, -0.05) is 47.7 Å². The van der Waals surface area contributed by atoms with E-state index in [0.29, 0.717) is 31.9 Å². The van der Waals surface area contributed by atoms with Gasteiger partial charge in [-0.3, -0.25) is 4.79 Å². The first-order valence-electron chi connectivity index (χ1n) is 12.1. The number of fused-ring (bicyclic) bond motifs is 1. The molecule has 2 aromatic heterocycles. The Labute approximate surface area is 218 Å². The van der Waals surface area contributed by atoms with Crippen molar-refractivity contribution in [1.29, 1.82) is 0 Å². The fourth-order valence-corrected chi connectivity index (χ4v) is 4.95. The highest BCUT2D eigenvalue weighted by Crippen LogP contribution is 2.27. The third kappa shape index (κ3) is 6.16. The van der Waals surface area contributed by atoms with Crippen molar-refractivity contribution >= 4 is 32.7 Å². The largest absolute Gasteiger partial charge is 0.493 e. The van der Waals surface area contributed by atoms with Gasteiger partial charge >= 0.3 is 5.97 Å². The number of rotatable bonds is 11. The van der Waals surface area contributed by atoms with Crippen LogP contribution in [0.3, 0.4) is 0 Å². The van der Waals surface area contributed by atoms with E-state index in [1.165, 1.54) is 0 Å². The fourth-order valence-electron chi connectivity index (χ4n) is 4.09. The number of oxazole rings is 1. The summed E-state index contributed by atoms with van der Waals surface area (Å²) in [4.78, 5) is 20.4. The van der Waals surface area contributed by atoms with E-state index < -0.39 is 5.97 Å². The van der Waals surface area contributed by atoms with Crippen molar-refractivity contribution in [2.45, 2.75) is 32.7 Å². The van der Waals surface area contributed by atoms with Gasteiger partial charge in [-0.05, 0) is 60.9 Å². The average molecular weight is 514 g/mol. The maximum absolute atomic E-state index is 11.2. The van der Waals surface area contributed by atoms with E-state index >= 15 is 0 Å². The zero-order valence-corrected chi connectivity index (χ0v) is 21.3. The molecule has 0 atom stereocenters. The second-order valence-corrected chi connectivity index (χ2v) is 9.68. The summed E-state index contributed by atoms with van der Waals surface area (Å²) in [6.07, 6.45) is 1.14. The summed E-state index contributed by atoms with van der Waals surface area (Å²) in [6.45, 7) is 2.88. The Morgan fingerprint density at radius 3 is 2.62 bits per heavy atom. The van der Waals surface area contributed by atoms with Crippen LogP contribution in [0.5, 0.6) is 5.75 Å². The van der Waals surface area contributed by atoms with Crippen LogP contribution in [0.15, 0.2) is 77.2 Å². The van der Waals surface area contributed by atoms with Gasteiger partial charge in [0.25, 0.3) is 0 Å². The zero-order chi connectivity index (χ0) is 25.6. The van der Waals surface area contributed by atoms with Gasteiger partial charge in [0, 0.05) is 24.9 Å². The number of aryl methyl sites for hydroxylation is 2. The Bertz CT molecular complexity index is 1480. The van der Waals surface area contributed by atoms with Gasteiger partial charge in [0.15, 0.2) is 5.13 Å². The molecule has 5 rings (SSSR count). The Kier molecular flexibility index (Phi) is 7.46. The molecule has 7 nitrogen and oxygen atoms in total.